The normalized spacial score (nSPS) is 21.7. The van der Waals surface area contributed by atoms with Gasteiger partial charge in [-0.15, -0.1) is 0 Å². The van der Waals surface area contributed by atoms with E-state index in [1.54, 1.807) is 12.1 Å². The van der Waals surface area contributed by atoms with Crippen molar-refractivity contribution >= 4 is 22.6 Å². The van der Waals surface area contributed by atoms with Gasteiger partial charge in [-0.1, -0.05) is 59.0 Å². The molecule has 0 nitrogen and oxygen atoms in total. The van der Waals surface area contributed by atoms with E-state index in [1.165, 1.54) is 35.7 Å². The molecule has 1 aliphatic rings. The van der Waals surface area contributed by atoms with Gasteiger partial charge in [0.15, 0.2) is 0 Å². The lowest BCUT2D eigenvalue weighted by atomic mass is 9.79. The molecule has 0 heterocycles. The predicted octanol–water partition coefficient (Wildman–Crippen LogP) is 7.08. The van der Waals surface area contributed by atoms with Crippen LogP contribution in [0.3, 0.4) is 0 Å². The molecule has 3 rings (SSSR count). The molecular formula is C20H20F3I. The van der Waals surface area contributed by atoms with Crippen LogP contribution < -0.4 is 0 Å². The second kappa shape index (κ2) is 7.46. The molecule has 0 saturated heterocycles. The fourth-order valence-electron chi connectivity index (χ4n) is 3.45. The molecule has 4 heteroatoms. The molecule has 24 heavy (non-hydrogen) atoms. The Labute approximate surface area is 154 Å². The SMILES string of the molecule is FC(F)(F)c1ccc(-c2ccc([C@H]3CC[C@H](CI)CC3)cc2)cc1. The molecule has 128 valence electrons. The topological polar surface area (TPSA) is 0 Å². The van der Waals surface area contributed by atoms with Gasteiger partial charge in [0.25, 0.3) is 0 Å². The summed E-state index contributed by atoms with van der Waals surface area (Å²) in [6.07, 6.45) is 0.808. The molecule has 0 N–H and O–H groups in total. The maximum Gasteiger partial charge on any atom is 0.416 e. The van der Waals surface area contributed by atoms with Gasteiger partial charge in [-0.2, -0.15) is 13.2 Å². The highest BCUT2D eigenvalue weighted by Crippen LogP contribution is 2.37. The molecule has 0 unspecified atom stereocenters. The van der Waals surface area contributed by atoms with Crippen molar-refractivity contribution < 1.29 is 13.2 Å². The number of rotatable bonds is 3. The van der Waals surface area contributed by atoms with Gasteiger partial charge in [-0.3, -0.25) is 0 Å². The maximum absolute atomic E-state index is 12.6. The molecule has 2 aromatic carbocycles. The van der Waals surface area contributed by atoms with E-state index in [2.05, 4.69) is 34.7 Å². The van der Waals surface area contributed by atoms with E-state index >= 15 is 0 Å². The smallest absolute Gasteiger partial charge is 0.166 e. The zero-order valence-corrected chi connectivity index (χ0v) is 15.5. The van der Waals surface area contributed by atoms with Crippen LogP contribution in [0.2, 0.25) is 0 Å². The fourth-order valence-corrected chi connectivity index (χ4v) is 4.33. The van der Waals surface area contributed by atoms with E-state index in [-0.39, 0.29) is 0 Å². The average molecular weight is 444 g/mol. The lowest BCUT2D eigenvalue weighted by Gasteiger charge is -2.27. The molecule has 2 aromatic rings. The highest BCUT2D eigenvalue weighted by molar-refractivity contribution is 14.1. The van der Waals surface area contributed by atoms with Crippen LogP contribution in [0.25, 0.3) is 11.1 Å². The molecule has 0 radical (unpaired) electrons. The summed E-state index contributed by atoms with van der Waals surface area (Å²) in [5.74, 6) is 1.50. The monoisotopic (exact) mass is 444 g/mol. The van der Waals surface area contributed by atoms with Gasteiger partial charge >= 0.3 is 6.18 Å². The molecule has 1 saturated carbocycles. The van der Waals surface area contributed by atoms with Gasteiger partial charge in [0.05, 0.1) is 5.56 Å². The summed E-state index contributed by atoms with van der Waals surface area (Å²) in [6.45, 7) is 0. The van der Waals surface area contributed by atoms with E-state index in [1.807, 2.05) is 12.1 Å². The van der Waals surface area contributed by atoms with Crippen LogP contribution in [0.15, 0.2) is 48.5 Å². The number of alkyl halides is 4. The summed E-state index contributed by atoms with van der Waals surface area (Å²) < 4.78 is 39.1. The van der Waals surface area contributed by atoms with Crippen molar-refractivity contribution in [2.24, 2.45) is 5.92 Å². The van der Waals surface area contributed by atoms with Crippen LogP contribution in [0.1, 0.15) is 42.7 Å². The first-order valence-corrected chi connectivity index (χ1v) is 9.83. The van der Waals surface area contributed by atoms with Crippen LogP contribution in [0.4, 0.5) is 13.2 Å². The van der Waals surface area contributed by atoms with E-state index in [9.17, 15) is 13.2 Å². The third-order valence-corrected chi connectivity index (χ3v) is 6.24. The minimum absolute atomic E-state index is 0.602. The third-order valence-electron chi connectivity index (χ3n) is 4.99. The van der Waals surface area contributed by atoms with Gasteiger partial charge < -0.3 is 0 Å². The number of hydrogen-bond donors (Lipinski definition) is 0. The Morgan fingerprint density at radius 1 is 0.792 bits per heavy atom. The van der Waals surface area contributed by atoms with Gasteiger partial charge in [-0.25, -0.2) is 0 Å². The van der Waals surface area contributed by atoms with E-state index in [0.717, 1.165) is 29.2 Å². The van der Waals surface area contributed by atoms with Gasteiger partial charge in [-0.05, 0) is 66.3 Å². The first-order valence-electron chi connectivity index (χ1n) is 8.31. The minimum Gasteiger partial charge on any atom is -0.166 e. The van der Waals surface area contributed by atoms with Crippen molar-refractivity contribution in [2.75, 3.05) is 4.43 Å². The van der Waals surface area contributed by atoms with Crippen molar-refractivity contribution in [3.63, 3.8) is 0 Å². The molecular weight excluding hydrogens is 424 g/mol. The highest BCUT2D eigenvalue weighted by Gasteiger charge is 2.30. The first-order chi connectivity index (χ1) is 11.5. The molecule has 1 aliphatic carbocycles. The quantitative estimate of drug-likeness (QED) is 0.351. The lowest BCUT2D eigenvalue weighted by molar-refractivity contribution is -0.137. The van der Waals surface area contributed by atoms with Crippen LogP contribution in [0, 0.1) is 5.92 Å². The van der Waals surface area contributed by atoms with Crippen LogP contribution in [-0.2, 0) is 6.18 Å². The summed E-state index contributed by atoms with van der Waals surface area (Å²) in [6, 6.07) is 13.7. The predicted molar refractivity (Wildman–Crippen MR) is 100 cm³/mol. The summed E-state index contributed by atoms with van der Waals surface area (Å²) >= 11 is 2.48. The fraction of sp³-hybridized carbons (Fsp3) is 0.400. The standard InChI is InChI=1S/C20H20F3I/c21-20(22,23)19-11-9-18(10-12-19)17-7-5-16(6-8-17)15-3-1-14(13-24)2-4-15/h5-12,14-15H,1-4,13H2/t14-,15-. The number of halogens is 4. The minimum atomic E-state index is -4.28. The van der Waals surface area contributed by atoms with Crippen LogP contribution in [-0.4, -0.2) is 4.43 Å². The van der Waals surface area contributed by atoms with E-state index in [4.69, 9.17) is 0 Å². The molecule has 0 spiro atoms. The zero-order chi connectivity index (χ0) is 17.2. The molecule has 0 atom stereocenters. The van der Waals surface area contributed by atoms with E-state index in [0.29, 0.717) is 5.92 Å². The van der Waals surface area contributed by atoms with Crippen molar-refractivity contribution in [3.05, 3.63) is 59.7 Å². The molecule has 1 fully saturated rings. The highest BCUT2D eigenvalue weighted by atomic mass is 127. The van der Waals surface area contributed by atoms with Crippen molar-refractivity contribution in [2.45, 2.75) is 37.8 Å². The van der Waals surface area contributed by atoms with Crippen LogP contribution >= 0.6 is 22.6 Å². The maximum atomic E-state index is 12.6. The Bertz CT molecular complexity index is 651. The van der Waals surface area contributed by atoms with Crippen molar-refractivity contribution in [1.82, 2.24) is 0 Å². The van der Waals surface area contributed by atoms with Crippen LogP contribution in [0.5, 0.6) is 0 Å². The Kier molecular flexibility index (Phi) is 5.52. The third kappa shape index (κ3) is 4.13. The van der Waals surface area contributed by atoms with Crippen molar-refractivity contribution in [3.8, 4) is 11.1 Å². The second-order valence-electron chi connectivity index (χ2n) is 6.57. The van der Waals surface area contributed by atoms with Gasteiger partial charge in [0, 0.05) is 4.43 Å². The Hall–Kier alpha value is -1.04. The largest absolute Gasteiger partial charge is 0.416 e. The average Bonchev–Trinajstić information content (AvgIpc) is 2.61. The van der Waals surface area contributed by atoms with Crippen molar-refractivity contribution in [1.29, 1.82) is 0 Å². The summed E-state index contributed by atoms with van der Waals surface area (Å²) in [5.41, 5.74) is 2.55. The molecule has 0 amide bonds. The zero-order valence-electron chi connectivity index (χ0n) is 13.3. The Morgan fingerprint density at radius 2 is 1.29 bits per heavy atom. The first kappa shape index (κ1) is 17.8. The Morgan fingerprint density at radius 3 is 1.75 bits per heavy atom. The summed E-state index contributed by atoms with van der Waals surface area (Å²) in [5, 5.41) is 0. The lowest BCUT2D eigenvalue weighted by Crippen LogP contribution is -2.14. The second-order valence-corrected chi connectivity index (χ2v) is 7.45. The van der Waals surface area contributed by atoms with Gasteiger partial charge in [0.1, 0.15) is 0 Å². The summed E-state index contributed by atoms with van der Waals surface area (Å²) in [7, 11) is 0. The number of hydrogen-bond acceptors (Lipinski definition) is 0. The molecule has 0 aromatic heterocycles. The Balaban J connectivity index is 1.70. The van der Waals surface area contributed by atoms with Gasteiger partial charge in [0.2, 0.25) is 0 Å². The molecule has 0 bridgehead atoms. The van der Waals surface area contributed by atoms with E-state index < -0.39 is 11.7 Å². The molecule has 0 aliphatic heterocycles. The summed E-state index contributed by atoms with van der Waals surface area (Å²) in [4.78, 5) is 0. The number of benzene rings is 2.